The summed E-state index contributed by atoms with van der Waals surface area (Å²) in [4.78, 5) is 27.6. The molecule has 0 aromatic heterocycles. The molecule has 4 rings (SSSR count). The van der Waals surface area contributed by atoms with Crippen molar-refractivity contribution >= 4 is 11.8 Å². The molecule has 31 heavy (non-hydrogen) atoms. The molecule has 6 nitrogen and oxygen atoms in total. The number of unbranched alkanes of at least 4 members (excludes halogenated alkanes) is 4. The van der Waals surface area contributed by atoms with Crippen molar-refractivity contribution < 1.29 is 24.2 Å². The van der Waals surface area contributed by atoms with Crippen LogP contribution in [0.1, 0.15) is 69.8 Å². The second kappa shape index (κ2) is 10.2. The minimum Gasteiger partial charge on any atom is -0.462 e. The molecule has 170 valence electrons. The molecule has 5 unspecified atom stereocenters. The van der Waals surface area contributed by atoms with Crippen LogP contribution in [0.2, 0.25) is 0 Å². The van der Waals surface area contributed by atoms with Crippen LogP contribution >= 0.6 is 0 Å². The first kappa shape index (κ1) is 22.4. The van der Waals surface area contributed by atoms with Crippen LogP contribution in [0, 0.1) is 0 Å². The normalized spacial score (nSPS) is 29.9. The average Bonchev–Trinajstić information content (AvgIpc) is 3.53. The van der Waals surface area contributed by atoms with Crippen LogP contribution in [0.25, 0.3) is 0 Å². The van der Waals surface area contributed by atoms with Gasteiger partial charge in [-0.25, -0.2) is 0 Å². The molecule has 1 aromatic carbocycles. The van der Waals surface area contributed by atoms with Crippen LogP contribution in [0.4, 0.5) is 0 Å². The van der Waals surface area contributed by atoms with E-state index < -0.39 is 5.92 Å². The zero-order valence-electron chi connectivity index (χ0n) is 18.4. The minimum absolute atomic E-state index is 0.148. The van der Waals surface area contributed by atoms with Gasteiger partial charge < -0.3 is 14.6 Å². The van der Waals surface area contributed by atoms with Gasteiger partial charge in [0.05, 0.1) is 13.2 Å². The Morgan fingerprint density at radius 2 is 1.77 bits per heavy atom. The van der Waals surface area contributed by atoms with Crippen molar-refractivity contribution in [2.24, 2.45) is 0 Å². The molecular formula is C25H35NO5. The van der Waals surface area contributed by atoms with Gasteiger partial charge >= 0.3 is 5.97 Å². The van der Waals surface area contributed by atoms with E-state index in [0.29, 0.717) is 31.6 Å². The molecule has 3 heterocycles. The number of carbonyl (C=O) groups excluding carboxylic acids is 2. The van der Waals surface area contributed by atoms with E-state index in [1.807, 2.05) is 30.3 Å². The van der Waals surface area contributed by atoms with Crippen molar-refractivity contribution in [1.82, 2.24) is 4.90 Å². The summed E-state index contributed by atoms with van der Waals surface area (Å²) in [7, 11) is 0. The number of hydrogen-bond donors (Lipinski definition) is 1. The van der Waals surface area contributed by atoms with E-state index in [1.165, 1.54) is 19.3 Å². The number of piperidine rings is 1. The Hall–Kier alpha value is -1.76. The van der Waals surface area contributed by atoms with Gasteiger partial charge in [-0.15, -0.1) is 0 Å². The van der Waals surface area contributed by atoms with Crippen molar-refractivity contribution in [3.63, 3.8) is 0 Å². The summed E-state index contributed by atoms with van der Waals surface area (Å²) >= 11 is 0. The van der Waals surface area contributed by atoms with E-state index in [4.69, 9.17) is 9.47 Å². The molecular weight excluding hydrogens is 394 g/mol. The molecule has 3 saturated heterocycles. The maximum atomic E-state index is 12.7. The largest absolute Gasteiger partial charge is 0.462 e. The number of esters is 1. The number of aliphatic hydroxyl groups is 1. The average molecular weight is 430 g/mol. The molecule has 3 fully saturated rings. The topological polar surface area (TPSA) is 79.4 Å². The Bertz CT molecular complexity index is 736. The van der Waals surface area contributed by atoms with Crippen molar-refractivity contribution in [3.8, 4) is 0 Å². The molecule has 2 bridgehead atoms. The number of ketones is 1. The van der Waals surface area contributed by atoms with Crippen LogP contribution in [-0.4, -0.2) is 65.3 Å². The lowest BCUT2D eigenvalue weighted by Gasteiger charge is -2.40. The number of Topliss-reactive ketones (excluding diaryl/α,β-unsaturated/α-hetero) is 1. The summed E-state index contributed by atoms with van der Waals surface area (Å²) in [5.74, 6) is -0.714. The highest BCUT2D eigenvalue weighted by Gasteiger charge is 2.64. The lowest BCUT2D eigenvalue weighted by atomic mass is 9.96. The Morgan fingerprint density at radius 3 is 2.42 bits per heavy atom. The smallest absolute Gasteiger partial charge is 0.316 e. The number of ether oxygens (including phenoxy) is 2. The molecule has 3 aliphatic heterocycles. The Kier molecular flexibility index (Phi) is 7.41. The van der Waals surface area contributed by atoms with E-state index in [9.17, 15) is 14.7 Å². The van der Waals surface area contributed by atoms with Crippen LogP contribution in [0.5, 0.6) is 0 Å². The number of nitrogens with zero attached hydrogens (tertiary/aromatic N) is 1. The standard InChI is InChI=1S/C25H35NO5/c1-2-3-4-5-9-12-18(28)15-26-21-13-19(14-22(26)24-23(21)31-24)30-25(29)20(16-27)17-10-7-6-8-11-17/h6-8,10-11,19-24,27H,2-5,9,12-16H2,1H3. The van der Waals surface area contributed by atoms with Crippen molar-refractivity contribution in [1.29, 1.82) is 0 Å². The van der Waals surface area contributed by atoms with Gasteiger partial charge in [0.15, 0.2) is 0 Å². The molecule has 3 aliphatic rings. The summed E-state index contributed by atoms with van der Waals surface area (Å²) in [5.41, 5.74) is 0.770. The van der Waals surface area contributed by atoms with Gasteiger partial charge in [-0.3, -0.25) is 14.5 Å². The molecule has 0 amide bonds. The molecule has 0 saturated carbocycles. The van der Waals surface area contributed by atoms with Crippen molar-refractivity contribution in [2.75, 3.05) is 13.2 Å². The van der Waals surface area contributed by atoms with Crippen LogP contribution in [0.3, 0.4) is 0 Å². The van der Waals surface area contributed by atoms with Gasteiger partial charge in [0.25, 0.3) is 0 Å². The number of hydrogen-bond acceptors (Lipinski definition) is 6. The number of carbonyl (C=O) groups is 2. The Labute approximate surface area is 184 Å². The lowest BCUT2D eigenvalue weighted by Crippen LogP contribution is -2.52. The first-order valence-corrected chi connectivity index (χ1v) is 11.9. The van der Waals surface area contributed by atoms with Crippen LogP contribution < -0.4 is 0 Å². The monoisotopic (exact) mass is 429 g/mol. The fourth-order valence-electron chi connectivity index (χ4n) is 5.34. The highest BCUT2D eigenvalue weighted by molar-refractivity contribution is 5.80. The third-order valence-corrected chi connectivity index (χ3v) is 7.05. The van der Waals surface area contributed by atoms with E-state index >= 15 is 0 Å². The third-order valence-electron chi connectivity index (χ3n) is 7.05. The molecule has 0 radical (unpaired) electrons. The zero-order valence-corrected chi connectivity index (χ0v) is 18.4. The summed E-state index contributed by atoms with van der Waals surface area (Å²) in [6.45, 7) is 2.42. The van der Waals surface area contributed by atoms with E-state index in [0.717, 1.165) is 18.4 Å². The Balaban J connectivity index is 1.28. The fraction of sp³-hybridized carbons (Fsp3) is 0.680. The second-order valence-electron chi connectivity index (χ2n) is 9.25. The first-order valence-electron chi connectivity index (χ1n) is 11.9. The quantitative estimate of drug-likeness (QED) is 0.312. The predicted octanol–water partition coefficient (Wildman–Crippen LogP) is 3.22. The molecule has 5 atom stereocenters. The molecule has 6 heteroatoms. The number of fused-ring (bicyclic) bond motifs is 5. The number of aliphatic hydroxyl groups excluding tert-OH is 1. The highest BCUT2D eigenvalue weighted by atomic mass is 16.6. The predicted molar refractivity (Wildman–Crippen MR) is 117 cm³/mol. The lowest BCUT2D eigenvalue weighted by molar-refractivity contribution is -0.157. The van der Waals surface area contributed by atoms with Crippen LogP contribution in [0.15, 0.2) is 30.3 Å². The minimum atomic E-state index is -0.656. The summed E-state index contributed by atoms with van der Waals surface area (Å²) in [6.07, 6.45) is 7.99. The maximum absolute atomic E-state index is 12.7. The van der Waals surface area contributed by atoms with E-state index in [1.54, 1.807) is 0 Å². The van der Waals surface area contributed by atoms with Gasteiger partial charge in [0, 0.05) is 31.3 Å². The molecule has 1 N–H and O–H groups in total. The number of morpholine rings is 1. The molecule has 0 aliphatic carbocycles. The second-order valence-corrected chi connectivity index (χ2v) is 9.25. The van der Waals surface area contributed by atoms with Crippen molar-refractivity contribution in [2.45, 2.75) is 94.6 Å². The summed E-state index contributed by atoms with van der Waals surface area (Å²) in [5, 5.41) is 9.74. The van der Waals surface area contributed by atoms with Gasteiger partial charge in [0.2, 0.25) is 0 Å². The maximum Gasteiger partial charge on any atom is 0.316 e. The molecule has 0 spiro atoms. The SMILES string of the molecule is CCCCCCCC(=O)CN1C2CC(OC(=O)C(CO)c3ccccc3)CC1C1OC12. The number of rotatable bonds is 12. The zero-order chi connectivity index (χ0) is 21.8. The molecule has 1 aromatic rings. The van der Waals surface area contributed by atoms with Gasteiger partial charge in [-0.2, -0.15) is 0 Å². The van der Waals surface area contributed by atoms with Crippen LogP contribution in [-0.2, 0) is 19.1 Å². The number of epoxide rings is 1. The number of benzene rings is 1. The van der Waals surface area contributed by atoms with Crippen molar-refractivity contribution in [3.05, 3.63) is 35.9 Å². The Morgan fingerprint density at radius 1 is 1.10 bits per heavy atom. The summed E-state index contributed by atoms with van der Waals surface area (Å²) < 4.78 is 11.7. The van der Waals surface area contributed by atoms with Gasteiger partial charge in [-0.1, -0.05) is 62.9 Å². The highest BCUT2D eigenvalue weighted by Crippen LogP contribution is 2.49. The third kappa shape index (κ3) is 5.18. The van der Waals surface area contributed by atoms with Gasteiger partial charge in [-0.05, 0) is 12.0 Å². The first-order chi connectivity index (χ1) is 15.1. The fourth-order valence-corrected chi connectivity index (χ4v) is 5.34. The summed E-state index contributed by atoms with van der Waals surface area (Å²) in [6, 6.07) is 9.57. The van der Waals surface area contributed by atoms with E-state index in [2.05, 4.69) is 11.8 Å². The van der Waals surface area contributed by atoms with Gasteiger partial charge in [0.1, 0.15) is 30.0 Å². The van der Waals surface area contributed by atoms with E-state index in [-0.39, 0.29) is 43.0 Å².